The van der Waals surface area contributed by atoms with Crippen LogP contribution in [0, 0.1) is 5.82 Å². The molecular weight excluding hydrogens is 407 g/mol. The summed E-state index contributed by atoms with van der Waals surface area (Å²) in [5.74, 6) is -1.47. The molecule has 1 atom stereocenters. The van der Waals surface area contributed by atoms with Gasteiger partial charge in [0.25, 0.3) is 0 Å². The van der Waals surface area contributed by atoms with Gasteiger partial charge in [-0.2, -0.15) is 0 Å². The number of nitrogens with zero attached hydrogens (tertiary/aromatic N) is 1. The Kier molecular flexibility index (Phi) is 7.14. The second-order valence-corrected chi connectivity index (χ2v) is 7.18. The molecule has 0 aromatic heterocycles. The van der Waals surface area contributed by atoms with Gasteiger partial charge in [-0.3, -0.25) is 4.79 Å². The third-order valence-corrected chi connectivity index (χ3v) is 4.51. The molecule has 0 heterocycles. The van der Waals surface area contributed by atoms with Crippen LogP contribution < -0.4 is 4.90 Å². The molecule has 0 saturated carbocycles. The minimum Gasteiger partial charge on any atom is -0.315 e. The van der Waals surface area contributed by atoms with Crippen LogP contribution >= 0.6 is 46.4 Å². The zero-order valence-corrected chi connectivity index (χ0v) is 16.2. The van der Waals surface area contributed by atoms with Gasteiger partial charge in [-0.05, 0) is 42.5 Å². The Morgan fingerprint density at radius 1 is 1.16 bits per heavy atom. The molecule has 132 valence electrons. The Hall–Kier alpha value is -1.26. The van der Waals surface area contributed by atoms with E-state index in [9.17, 15) is 9.18 Å². The summed E-state index contributed by atoms with van der Waals surface area (Å²) < 4.78 is 14.2. The number of hydrogen-bond acceptors (Lipinski definition) is 1. The van der Waals surface area contributed by atoms with Gasteiger partial charge >= 0.3 is 0 Å². The highest BCUT2D eigenvalue weighted by molar-refractivity contribution is 6.55. The number of amides is 1. The van der Waals surface area contributed by atoms with Crippen molar-refractivity contribution < 1.29 is 9.18 Å². The van der Waals surface area contributed by atoms with Gasteiger partial charge in [-0.1, -0.05) is 52.5 Å². The molecule has 25 heavy (non-hydrogen) atoms. The van der Waals surface area contributed by atoms with Gasteiger partial charge in [-0.15, -0.1) is 0 Å². The van der Waals surface area contributed by atoms with Gasteiger partial charge < -0.3 is 4.90 Å². The molecule has 7 heteroatoms. The van der Waals surface area contributed by atoms with Crippen molar-refractivity contribution in [1.82, 2.24) is 0 Å². The molecule has 0 spiro atoms. The first-order chi connectivity index (χ1) is 11.8. The molecule has 2 nitrogen and oxygen atoms in total. The summed E-state index contributed by atoms with van der Waals surface area (Å²) in [5.41, 5.74) is 0.842. The normalized spacial score (nSPS) is 11.8. The highest BCUT2D eigenvalue weighted by atomic mass is 35.5. The van der Waals surface area contributed by atoms with Crippen LogP contribution in [0.25, 0.3) is 0 Å². The topological polar surface area (TPSA) is 20.3 Å². The van der Waals surface area contributed by atoms with Crippen molar-refractivity contribution in [2.24, 2.45) is 0 Å². The Morgan fingerprint density at radius 2 is 1.80 bits per heavy atom. The van der Waals surface area contributed by atoms with E-state index in [1.807, 2.05) is 0 Å². The SMILES string of the molecule is CN(C(=O)CC(C=C(Cl)Cl)c1c(F)cccc1Cl)c1ccc(Cl)cc1. The zero-order chi connectivity index (χ0) is 18.6. The van der Waals surface area contributed by atoms with Gasteiger partial charge in [0.2, 0.25) is 5.91 Å². The fourth-order valence-electron chi connectivity index (χ4n) is 2.40. The maximum absolute atomic E-state index is 14.2. The lowest BCUT2D eigenvalue weighted by molar-refractivity contribution is -0.118. The fourth-order valence-corrected chi connectivity index (χ4v) is 3.13. The molecule has 1 amide bonds. The maximum atomic E-state index is 14.2. The summed E-state index contributed by atoms with van der Waals surface area (Å²) in [6.07, 6.45) is 1.35. The number of rotatable bonds is 5. The lowest BCUT2D eigenvalue weighted by Gasteiger charge is -2.21. The molecule has 0 aliphatic heterocycles. The molecular formula is C18H14Cl4FNO. The summed E-state index contributed by atoms with van der Waals surface area (Å²) in [6, 6.07) is 11.1. The van der Waals surface area contributed by atoms with E-state index >= 15 is 0 Å². The van der Waals surface area contributed by atoms with E-state index in [-0.39, 0.29) is 27.4 Å². The smallest absolute Gasteiger partial charge is 0.227 e. The second-order valence-electron chi connectivity index (χ2n) is 5.33. The van der Waals surface area contributed by atoms with Crippen molar-refractivity contribution in [3.63, 3.8) is 0 Å². The minimum absolute atomic E-state index is 0.0529. The van der Waals surface area contributed by atoms with Crippen molar-refractivity contribution in [3.8, 4) is 0 Å². The van der Waals surface area contributed by atoms with Crippen LogP contribution in [0.4, 0.5) is 10.1 Å². The molecule has 0 fully saturated rings. The van der Waals surface area contributed by atoms with Gasteiger partial charge in [-0.25, -0.2) is 4.39 Å². The number of carbonyl (C=O) groups is 1. The molecule has 0 aliphatic rings. The summed E-state index contributed by atoms with van der Waals surface area (Å²) in [4.78, 5) is 14.1. The molecule has 2 aromatic rings. The van der Waals surface area contributed by atoms with Crippen molar-refractivity contribution in [1.29, 1.82) is 0 Å². The van der Waals surface area contributed by atoms with E-state index in [1.165, 1.54) is 23.1 Å². The Bertz CT molecular complexity index is 768. The predicted molar refractivity (Wildman–Crippen MR) is 103 cm³/mol. The van der Waals surface area contributed by atoms with Crippen molar-refractivity contribution in [3.05, 3.63) is 74.5 Å². The molecule has 0 bridgehead atoms. The molecule has 0 saturated heterocycles. The van der Waals surface area contributed by atoms with Crippen LogP contribution in [-0.2, 0) is 4.79 Å². The average Bonchev–Trinajstić information content (AvgIpc) is 2.54. The van der Waals surface area contributed by atoms with E-state index in [1.54, 1.807) is 37.4 Å². The first-order valence-electron chi connectivity index (χ1n) is 7.28. The Labute approximate surface area is 165 Å². The van der Waals surface area contributed by atoms with Crippen LogP contribution in [0.1, 0.15) is 17.9 Å². The number of carbonyl (C=O) groups excluding carboxylic acids is 1. The molecule has 0 N–H and O–H groups in total. The summed E-state index contributed by atoms with van der Waals surface area (Å²) in [6.45, 7) is 0. The summed E-state index contributed by atoms with van der Waals surface area (Å²) in [7, 11) is 1.62. The lowest BCUT2D eigenvalue weighted by Crippen LogP contribution is -2.27. The van der Waals surface area contributed by atoms with Gasteiger partial charge in [0.05, 0.1) is 0 Å². The molecule has 0 aliphatic carbocycles. The number of benzene rings is 2. The van der Waals surface area contributed by atoms with Crippen LogP contribution in [0.3, 0.4) is 0 Å². The highest BCUT2D eigenvalue weighted by Crippen LogP contribution is 2.33. The van der Waals surface area contributed by atoms with E-state index < -0.39 is 11.7 Å². The predicted octanol–water partition coefficient (Wildman–Crippen LogP) is 6.59. The van der Waals surface area contributed by atoms with Crippen molar-refractivity contribution in [2.45, 2.75) is 12.3 Å². The van der Waals surface area contributed by atoms with Gasteiger partial charge in [0.1, 0.15) is 10.3 Å². The lowest BCUT2D eigenvalue weighted by atomic mass is 9.94. The van der Waals surface area contributed by atoms with Gasteiger partial charge in [0, 0.05) is 40.7 Å². The first kappa shape index (κ1) is 20.1. The molecule has 0 radical (unpaired) electrons. The number of halogens is 5. The van der Waals surface area contributed by atoms with Crippen LogP contribution in [0.15, 0.2) is 53.0 Å². The van der Waals surface area contributed by atoms with E-state index in [4.69, 9.17) is 46.4 Å². The fraction of sp³-hybridized carbons (Fsp3) is 0.167. The number of allylic oxidation sites excluding steroid dienone is 1. The monoisotopic (exact) mass is 419 g/mol. The maximum Gasteiger partial charge on any atom is 0.227 e. The largest absolute Gasteiger partial charge is 0.315 e. The number of hydrogen-bond donors (Lipinski definition) is 0. The van der Waals surface area contributed by atoms with E-state index in [2.05, 4.69) is 0 Å². The standard InChI is InChI=1S/C18H14Cl4FNO/c1-24(13-7-5-12(19)6-8-13)17(25)10-11(9-16(21)22)18-14(20)3-2-4-15(18)23/h2-9,11H,10H2,1H3. The molecule has 1 unspecified atom stereocenters. The first-order valence-corrected chi connectivity index (χ1v) is 8.79. The molecule has 2 aromatic carbocycles. The van der Waals surface area contributed by atoms with E-state index in [0.29, 0.717) is 10.7 Å². The summed E-state index contributed by atoms with van der Waals surface area (Å²) >= 11 is 23.5. The Balaban J connectivity index is 2.29. The second kappa shape index (κ2) is 8.91. The number of anilines is 1. The van der Waals surface area contributed by atoms with Gasteiger partial charge in [0.15, 0.2) is 0 Å². The van der Waals surface area contributed by atoms with Crippen molar-refractivity contribution in [2.75, 3.05) is 11.9 Å². The highest BCUT2D eigenvalue weighted by Gasteiger charge is 2.23. The van der Waals surface area contributed by atoms with Crippen LogP contribution in [0.5, 0.6) is 0 Å². The minimum atomic E-state index is -0.694. The quantitative estimate of drug-likeness (QED) is 0.534. The van der Waals surface area contributed by atoms with E-state index in [0.717, 1.165) is 0 Å². The van der Waals surface area contributed by atoms with Crippen LogP contribution in [0.2, 0.25) is 10.0 Å². The zero-order valence-electron chi connectivity index (χ0n) is 13.1. The van der Waals surface area contributed by atoms with Crippen molar-refractivity contribution >= 4 is 58.0 Å². The van der Waals surface area contributed by atoms with Crippen LogP contribution in [-0.4, -0.2) is 13.0 Å². The third kappa shape index (κ3) is 5.35. The third-order valence-electron chi connectivity index (χ3n) is 3.68. The Morgan fingerprint density at radius 3 is 2.36 bits per heavy atom. The summed E-state index contributed by atoms with van der Waals surface area (Å²) in [5, 5.41) is 0.773. The molecule has 2 rings (SSSR count). The average molecular weight is 421 g/mol.